The smallest absolute Gasteiger partial charge is 0.311 e. The molecule has 0 saturated heterocycles. The Morgan fingerprint density at radius 1 is 1.16 bits per heavy atom. The molecule has 0 unspecified atom stereocenters. The summed E-state index contributed by atoms with van der Waals surface area (Å²) in [5.74, 6) is 0.600. The van der Waals surface area contributed by atoms with Gasteiger partial charge in [-0.2, -0.15) is 0 Å². The molecular formula is C16H20O3. The van der Waals surface area contributed by atoms with Gasteiger partial charge in [0.25, 0.3) is 0 Å². The number of carbonyl (C=O) groups excluding carboxylic acids is 1. The maximum atomic E-state index is 11.8. The summed E-state index contributed by atoms with van der Waals surface area (Å²) in [6.45, 7) is 2.06. The fourth-order valence-electron chi connectivity index (χ4n) is 2.24. The molecule has 1 aromatic rings. The van der Waals surface area contributed by atoms with Crippen LogP contribution in [0.3, 0.4) is 0 Å². The lowest BCUT2D eigenvalue weighted by Crippen LogP contribution is -2.09. The van der Waals surface area contributed by atoms with Crippen LogP contribution in [0.4, 0.5) is 0 Å². The van der Waals surface area contributed by atoms with Crippen LogP contribution >= 0.6 is 0 Å². The number of aryl methyl sites for hydroxylation is 1. The number of phenolic OH excluding ortho intramolecular Hbond substituents is 1. The van der Waals surface area contributed by atoms with Gasteiger partial charge >= 0.3 is 5.97 Å². The Hall–Kier alpha value is -1.77. The molecule has 1 heterocycles. The summed E-state index contributed by atoms with van der Waals surface area (Å²) in [7, 11) is 0. The average Bonchev–Trinajstić information content (AvgIpc) is 2.37. The van der Waals surface area contributed by atoms with Crippen molar-refractivity contribution in [3.63, 3.8) is 0 Å². The van der Waals surface area contributed by atoms with Crippen molar-refractivity contribution in [2.45, 2.75) is 45.4 Å². The molecule has 0 aromatic heterocycles. The Kier molecular flexibility index (Phi) is 4.61. The van der Waals surface area contributed by atoms with Crippen LogP contribution in [0, 0.1) is 0 Å². The predicted octanol–water partition coefficient (Wildman–Crippen LogP) is 3.75. The second-order valence-electron chi connectivity index (χ2n) is 5.06. The molecule has 0 saturated carbocycles. The Balaban J connectivity index is 2.18. The Morgan fingerprint density at radius 3 is 2.84 bits per heavy atom. The first kappa shape index (κ1) is 13.7. The molecule has 0 amide bonds. The quantitative estimate of drug-likeness (QED) is 0.439. The number of phenols is 1. The van der Waals surface area contributed by atoms with Gasteiger partial charge in [0, 0.05) is 6.42 Å². The highest BCUT2D eigenvalue weighted by Gasteiger charge is 2.11. The van der Waals surface area contributed by atoms with E-state index in [1.54, 1.807) is 18.2 Å². The number of benzene rings is 1. The standard InChI is InChI=1S/C16H20O3/c1-12-5-3-2-4-6-13-11-14(17)8-9-15(13)19-16(18)10-7-12/h5,8-9,11,17H,2-4,6-7,10H2,1H3. The zero-order valence-electron chi connectivity index (χ0n) is 11.3. The third kappa shape index (κ3) is 4.12. The molecule has 0 radical (unpaired) electrons. The number of rotatable bonds is 0. The topological polar surface area (TPSA) is 46.5 Å². The molecule has 0 aliphatic carbocycles. The number of esters is 1. The first-order chi connectivity index (χ1) is 9.15. The second kappa shape index (κ2) is 6.41. The van der Waals surface area contributed by atoms with Crippen molar-refractivity contribution < 1.29 is 14.6 Å². The first-order valence-electron chi connectivity index (χ1n) is 6.83. The van der Waals surface area contributed by atoms with Crippen molar-refractivity contribution in [2.24, 2.45) is 0 Å². The number of hydrogen-bond acceptors (Lipinski definition) is 3. The van der Waals surface area contributed by atoms with Crippen LogP contribution in [0.15, 0.2) is 29.8 Å². The van der Waals surface area contributed by atoms with Gasteiger partial charge in [0.1, 0.15) is 11.5 Å². The number of ether oxygens (including phenoxy) is 1. The van der Waals surface area contributed by atoms with Gasteiger partial charge in [-0.25, -0.2) is 0 Å². The molecule has 1 aromatic carbocycles. The summed E-state index contributed by atoms with van der Waals surface area (Å²) in [4.78, 5) is 11.8. The lowest BCUT2D eigenvalue weighted by Gasteiger charge is -2.12. The number of hydrogen-bond donors (Lipinski definition) is 1. The molecule has 1 aliphatic heterocycles. The van der Waals surface area contributed by atoms with Gasteiger partial charge in [-0.3, -0.25) is 4.79 Å². The summed E-state index contributed by atoms with van der Waals surface area (Å²) < 4.78 is 5.39. The van der Waals surface area contributed by atoms with Crippen LogP contribution < -0.4 is 4.74 Å². The van der Waals surface area contributed by atoms with E-state index in [4.69, 9.17) is 4.74 Å². The lowest BCUT2D eigenvalue weighted by molar-refractivity contribution is -0.134. The second-order valence-corrected chi connectivity index (χ2v) is 5.06. The van der Waals surface area contributed by atoms with Gasteiger partial charge in [0.15, 0.2) is 0 Å². The molecule has 3 nitrogen and oxygen atoms in total. The van der Waals surface area contributed by atoms with Gasteiger partial charge < -0.3 is 9.84 Å². The number of carbonyl (C=O) groups is 1. The van der Waals surface area contributed by atoms with Crippen molar-refractivity contribution in [3.8, 4) is 11.5 Å². The van der Waals surface area contributed by atoms with Gasteiger partial charge in [-0.05, 0) is 62.8 Å². The van der Waals surface area contributed by atoms with Gasteiger partial charge in [-0.1, -0.05) is 11.6 Å². The highest BCUT2D eigenvalue weighted by molar-refractivity contribution is 5.73. The SMILES string of the molecule is CC1=CCCCCc2cc(O)ccc2OC(=O)CC1. The third-order valence-corrected chi connectivity index (χ3v) is 3.38. The summed E-state index contributed by atoms with van der Waals surface area (Å²) >= 11 is 0. The molecule has 0 atom stereocenters. The van der Waals surface area contributed by atoms with E-state index in [0.717, 1.165) is 37.7 Å². The fraction of sp³-hybridized carbons (Fsp3) is 0.438. The summed E-state index contributed by atoms with van der Waals surface area (Å²) in [5.41, 5.74) is 2.16. The Bertz CT molecular complexity index is 489. The molecule has 102 valence electrons. The third-order valence-electron chi connectivity index (χ3n) is 3.38. The van der Waals surface area contributed by atoms with E-state index in [-0.39, 0.29) is 11.7 Å². The normalized spacial score (nSPS) is 17.5. The number of aromatic hydroxyl groups is 1. The van der Waals surface area contributed by atoms with E-state index in [2.05, 4.69) is 13.0 Å². The average molecular weight is 260 g/mol. The fourth-order valence-corrected chi connectivity index (χ4v) is 2.24. The molecule has 19 heavy (non-hydrogen) atoms. The number of allylic oxidation sites excluding steroid dienone is 2. The Morgan fingerprint density at radius 2 is 2.00 bits per heavy atom. The summed E-state index contributed by atoms with van der Waals surface area (Å²) in [5, 5.41) is 9.53. The number of fused-ring (bicyclic) bond motifs is 1. The largest absolute Gasteiger partial charge is 0.508 e. The minimum absolute atomic E-state index is 0.208. The minimum atomic E-state index is -0.208. The van der Waals surface area contributed by atoms with Crippen molar-refractivity contribution in [1.82, 2.24) is 0 Å². The highest BCUT2D eigenvalue weighted by atomic mass is 16.5. The van der Waals surface area contributed by atoms with Crippen molar-refractivity contribution in [1.29, 1.82) is 0 Å². The summed E-state index contributed by atoms with van der Waals surface area (Å²) in [6.07, 6.45) is 7.38. The van der Waals surface area contributed by atoms with Gasteiger partial charge in [0.2, 0.25) is 0 Å². The van der Waals surface area contributed by atoms with E-state index in [0.29, 0.717) is 12.2 Å². The van der Waals surface area contributed by atoms with Crippen molar-refractivity contribution in [3.05, 3.63) is 35.4 Å². The van der Waals surface area contributed by atoms with E-state index in [1.807, 2.05) is 0 Å². The van der Waals surface area contributed by atoms with E-state index in [9.17, 15) is 9.90 Å². The van der Waals surface area contributed by atoms with Crippen LogP contribution in [-0.4, -0.2) is 11.1 Å². The molecule has 2 rings (SSSR count). The van der Waals surface area contributed by atoms with Crippen LogP contribution in [0.1, 0.15) is 44.6 Å². The zero-order valence-corrected chi connectivity index (χ0v) is 11.3. The van der Waals surface area contributed by atoms with Crippen LogP contribution in [-0.2, 0) is 11.2 Å². The first-order valence-corrected chi connectivity index (χ1v) is 6.83. The minimum Gasteiger partial charge on any atom is -0.508 e. The zero-order chi connectivity index (χ0) is 13.7. The van der Waals surface area contributed by atoms with E-state index < -0.39 is 0 Å². The van der Waals surface area contributed by atoms with Crippen molar-refractivity contribution >= 4 is 5.97 Å². The maximum absolute atomic E-state index is 11.8. The van der Waals surface area contributed by atoms with E-state index >= 15 is 0 Å². The monoisotopic (exact) mass is 260 g/mol. The summed E-state index contributed by atoms with van der Waals surface area (Å²) in [6, 6.07) is 4.93. The molecule has 3 heteroatoms. The molecule has 1 aliphatic rings. The van der Waals surface area contributed by atoms with E-state index in [1.165, 1.54) is 5.57 Å². The highest BCUT2D eigenvalue weighted by Crippen LogP contribution is 2.26. The molecule has 0 bridgehead atoms. The van der Waals surface area contributed by atoms with Crippen LogP contribution in [0.25, 0.3) is 0 Å². The molecule has 1 N–H and O–H groups in total. The Labute approximate surface area is 113 Å². The van der Waals surface area contributed by atoms with Crippen molar-refractivity contribution in [2.75, 3.05) is 0 Å². The van der Waals surface area contributed by atoms with Crippen LogP contribution in [0.2, 0.25) is 0 Å². The van der Waals surface area contributed by atoms with Gasteiger partial charge in [0.05, 0.1) is 0 Å². The molecular weight excluding hydrogens is 240 g/mol. The van der Waals surface area contributed by atoms with Crippen LogP contribution in [0.5, 0.6) is 11.5 Å². The lowest BCUT2D eigenvalue weighted by atomic mass is 10.0. The molecule has 0 spiro atoms. The molecule has 0 fully saturated rings. The predicted molar refractivity (Wildman–Crippen MR) is 74.3 cm³/mol. The maximum Gasteiger partial charge on any atom is 0.311 e. The van der Waals surface area contributed by atoms with Gasteiger partial charge in [-0.15, -0.1) is 0 Å².